The molecule has 3 heteroatoms. The topological polar surface area (TPSA) is 12.0 Å². The Morgan fingerprint density at radius 3 is 2.69 bits per heavy atom. The Morgan fingerprint density at radius 2 is 2.12 bits per heavy atom. The summed E-state index contributed by atoms with van der Waals surface area (Å²) < 4.78 is 2.32. The predicted octanol–water partition coefficient (Wildman–Crippen LogP) is 4.66. The third kappa shape index (κ3) is 3.31. The van der Waals surface area contributed by atoms with Gasteiger partial charge in [0.1, 0.15) is 0 Å². The zero-order valence-corrected chi connectivity index (χ0v) is 12.6. The molecule has 16 heavy (non-hydrogen) atoms. The van der Waals surface area contributed by atoms with Gasteiger partial charge in [0.15, 0.2) is 0 Å². The number of benzene rings is 1. The molecular weight excluding hydrogens is 330 g/mol. The van der Waals surface area contributed by atoms with E-state index in [-0.39, 0.29) is 0 Å². The van der Waals surface area contributed by atoms with Crippen LogP contribution in [0.25, 0.3) is 0 Å². The summed E-state index contributed by atoms with van der Waals surface area (Å²) >= 11 is 7.13. The second kappa shape index (κ2) is 5.65. The summed E-state index contributed by atoms with van der Waals surface area (Å²) in [7, 11) is 2.05. The molecule has 1 N–H and O–H groups in total. The third-order valence-corrected chi connectivity index (χ3v) is 4.43. The summed E-state index contributed by atoms with van der Waals surface area (Å²) in [6.07, 6.45) is 5.48. The summed E-state index contributed by atoms with van der Waals surface area (Å²) in [4.78, 5) is 0. The SMILES string of the molecule is CNC(CCC1CC1)c1ccc(Br)cc1Br. The van der Waals surface area contributed by atoms with Crippen molar-refractivity contribution in [2.75, 3.05) is 7.05 Å². The van der Waals surface area contributed by atoms with E-state index >= 15 is 0 Å². The minimum absolute atomic E-state index is 0.475. The first kappa shape index (κ1) is 12.6. The maximum atomic E-state index is 3.64. The third-order valence-electron chi connectivity index (χ3n) is 3.25. The molecule has 1 nitrogen and oxygen atoms in total. The van der Waals surface area contributed by atoms with Gasteiger partial charge in [-0.3, -0.25) is 0 Å². The van der Waals surface area contributed by atoms with Crippen LogP contribution in [0.1, 0.15) is 37.3 Å². The van der Waals surface area contributed by atoms with Crippen LogP contribution < -0.4 is 5.32 Å². The average Bonchev–Trinajstić information content (AvgIpc) is 3.05. The molecule has 0 saturated heterocycles. The van der Waals surface area contributed by atoms with Crippen LogP contribution in [-0.4, -0.2) is 7.05 Å². The first-order valence-corrected chi connectivity index (χ1v) is 7.41. The van der Waals surface area contributed by atoms with Crippen LogP contribution in [0, 0.1) is 5.92 Å². The average molecular weight is 347 g/mol. The van der Waals surface area contributed by atoms with Crippen molar-refractivity contribution >= 4 is 31.9 Å². The number of halogens is 2. The van der Waals surface area contributed by atoms with E-state index in [4.69, 9.17) is 0 Å². The Hall–Kier alpha value is 0.140. The van der Waals surface area contributed by atoms with Gasteiger partial charge >= 0.3 is 0 Å². The number of nitrogens with one attached hydrogen (secondary N) is 1. The van der Waals surface area contributed by atoms with Crippen molar-refractivity contribution < 1.29 is 0 Å². The van der Waals surface area contributed by atoms with Crippen LogP contribution in [0.3, 0.4) is 0 Å². The van der Waals surface area contributed by atoms with Gasteiger partial charge in [-0.05, 0) is 43.5 Å². The lowest BCUT2D eigenvalue weighted by atomic mass is 10.0. The van der Waals surface area contributed by atoms with Crippen molar-refractivity contribution in [2.45, 2.75) is 31.7 Å². The molecule has 1 aliphatic rings. The summed E-state index contributed by atoms with van der Waals surface area (Å²) in [6, 6.07) is 6.91. The molecule has 0 amide bonds. The fraction of sp³-hybridized carbons (Fsp3) is 0.538. The Kier molecular flexibility index (Phi) is 4.45. The molecule has 1 atom stereocenters. The van der Waals surface area contributed by atoms with E-state index in [2.05, 4.69) is 55.4 Å². The van der Waals surface area contributed by atoms with Gasteiger partial charge in [-0.25, -0.2) is 0 Å². The van der Waals surface area contributed by atoms with E-state index in [1.807, 2.05) is 7.05 Å². The number of hydrogen-bond donors (Lipinski definition) is 1. The van der Waals surface area contributed by atoms with E-state index in [1.165, 1.54) is 35.7 Å². The highest BCUT2D eigenvalue weighted by atomic mass is 79.9. The fourth-order valence-electron chi connectivity index (χ4n) is 2.05. The van der Waals surface area contributed by atoms with Crippen molar-refractivity contribution in [1.29, 1.82) is 0 Å². The van der Waals surface area contributed by atoms with E-state index in [0.29, 0.717) is 6.04 Å². The minimum atomic E-state index is 0.475. The molecule has 1 saturated carbocycles. The second-order valence-electron chi connectivity index (χ2n) is 4.53. The van der Waals surface area contributed by atoms with Crippen LogP contribution in [-0.2, 0) is 0 Å². The quantitative estimate of drug-likeness (QED) is 0.817. The first-order chi connectivity index (χ1) is 7.70. The zero-order chi connectivity index (χ0) is 11.5. The molecule has 0 aliphatic heterocycles. The van der Waals surface area contributed by atoms with Crippen molar-refractivity contribution in [3.63, 3.8) is 0 Å². The Bertz CT molecular complexity index is 361. The Morgan fingerprint density at radius 1 is 1.38 bits per heavy atom. The first-order valence-electron chi connectivity index (χ1n) is 5.83. The molecule has 0 heterocycles. The van der Waals surface area contributed by atoms with E-state index < -0.39 is 0 Å². The second-order valence-corrected chi connectivity index (χ2v) is 6.30. The van der Waals surface area contributed by atoms with Gasteiger partial charge in [-0.1, -0.05) is 50.8 Å². The number of hydrogen-bond acceptors (Lipinski definition) is 1. The van der Waals surface area contributed by atoms with Gasteiger partial charge in [0.05, 0.1) is 0 Å². The molecule has 1 fully saturated rings. The molecular formula is C13H17Br2N. The molecule has 88 valence electrons. The summed E-state index contributed by atoms with van der Waals surface area (Å²) in [5.41, 5.74) is 1.37. The summed E-state index contributed by atoms with van der Waals surface area (Å²) in [6.45, 7) is 0. The van der Waals surface area contributed by atoms with Gasteiger partial charge in [-0.15, -0.1) is 0 Å². The fourth-order valence-corrected chi connectivity index (χ4v) is 3.37. The Labute approximate surface area is 114 Å². The van der Waals surface area contributed by atoms with Crippen LogP contribution in [0.2, 0.25) is 0 Å². The normalized spacial score (nSPS) is 17.4. The smallest absolute Gasteiger partial charge is 0.0328 e. The van der Waals surface area contributed by atoms with Gasteiger partial charge in [0.2, 0.25) is 0 Å². The summed E-state index contributed by atoms with van der Waals surface area (Å²) in [5.74, 6) is 1.00. The molecule has 1 aromatic rings. The lowest BCUT2D eigenvalue weighted by molar-refractivity contribution is 0.505. The maximum Gasteiger partial charge on any atom is 0.0328 e. The van der Waals surface area contributed by atoms with Crippen LogP contribution in [0.15, 0.2) is 27.1 Å². The minimum Gasteiger partial charge on any atom is -0.313 e. The molecule has 1 aromatic carbocycles. The van der Waals surface area contributed by atoms with E-state index in [0.717, 1.165) is 10.4 Å². The largest absolute Gasteiger partial charge is 0.313 e. The number of rotatable bonds is 5. The lowest BCUT2D eigenvalue weighted by Crippen LogP contribution is -2.17. The highest BCUT2D eigenvalue weighted by molar-refractivity contribution is 9.11. The van der Waals surface area contributed by atoms with Crippen LogP contribution in [0.4, 0.5) is 0 Å². The van der Waals surface area contributed by atoms with Gasteiger partial charge in [0, 0.05) is 15.0 Å². The standard InChI is InChI=1S/C13H17Br2N/c1-16-13(7-4-9-2-3-9)11-6-5-10(14)8-12(11)15/h5-6,8-9,13,16H,2-4,7H2,1H3. The molecule has 0 bridgehead atoms. The highest BCUT2D eigenvalue weighted by Gasteiger charge is 2.23. The molecule has 2 rings (SSSR count). The van der Waals surface area contributed by atoms with Gasteiger partial charge in [-0.2, -0.15) is 0 Å². The predicted molar refractivity (Wildman–Crippen MR) is 75.6 cm³/mol. The van der Waals surface area contributed by atoms with Crippen molar-refractivity contribution in [3.8, 4) is 0 Å². The van der Waals surface area contributed by atoms with Gasteiger partial charge < -0.3 is 5.32 Å². The molecule has 1 aliphatic carbocycles. The van der Waals surface area contributed by atoms with Crippen molar-refractivity contribution in [3.05, 3.63) is 32.7 Å². The highest BCUT2D eigenvalue weighted by Crippen LogP contribution is 2.37. The molecule has 0 aromatic heterocycles. The Balaban J connectivity index is 2.05. The maximum absolute atomic E-state index is 3.64. The van der Waals surface area contributed by atoms with E-state index in [9.17, 15) is 0 Å². The van der Waals surface area contributed by atoms with E-state index in [1.54, 1.807) is 0 Å². The van der Waals surface area contributed by atoms with Crippen LogP contribution >= 0.6 is 31.9 Å². The monoisotopic (exact) mass is 345 g/mol. The molecule has 0 spiro atoms. The van der Waals surface area contributed by atoms with Gasteiger partial charge in [0.25, 0.3) is 0 Å². The zero-order valence-electron chi connectivity index (χ0n) is 9.47. The van der Waals surface area contributed by atoms with Crippen molar-refractivity contribution in [1.82, 2.24) is 5.32 Å². The summed E-state index contributed by atoms with van der Waals surface area (Å²) in [5, 5.41) is 3.42. The molecule has 1 unspecified atom stereocenters. The van der Waals surface area contributed by atoms with Crippen molar-refractivity contribution in [2.24, 2.45) is 5.92 Å². The molecule has 0 radical (unpaired) electrons. The van der Waals surface area contributed by atoms with Crippen LogP contribution in [0.5, 0.6) is 0 Å². The lowest BCUT2D eigenvalue weighted by Gasteiger charge is -2.18.